The van der Waals surface area contributed by atoms with E-state index in [0.29, 0.717) is 12.6 Å². The monoisotopic (exact) mass is 263 g/mol. The first kappa shape index (κ1) is 14.4. The van der Waals surface area contributed by atoms with E-state index in [-0.39, 0.29) is 0 Å². The Labute approximate surface area is 116 Å². The standard InChI is InChI=1S/C16H25NO2/c1-4-19-16-8-7-14(13(3)18)10-15(16)11-17-9-5-6-12(17)2/h7-8,10,12-13,18H,4-6,9,11H2,1-3H3. The summed E-state index contributed by atoms with van der Waals surface area (Å²) in [6.45, 7) is 8.84. The Morgan fingerprint density at radius 2 is 2.26 bits per heavy atom. The zero-order chi connectivity index (χ0) is 13.8. The first-order valence-electron chi connectivity index (χ1n) is 7.29. The Bertz CT molecular complexity index is 417. The van der Waals surface area contributed by atoms with Gasteiger partial charge in [0.2, 0.25) is 0 Å². The minimum atomic E-state index is -0.426. The van der Waals surface area contributed by atoms with Gasteiger partial charge in [-0.25, -0.2) is 0 Å². The van der Waals surface area contributed by atoms with E-state index in [1.165, 1.54) is 18.4 Å². The first-order chi connectivity index (χ1) is 9.11. The largest absolute Gasteiger partial charge is 0.494 e. The molecule has 1 aromatic carbocycles. The fourth-order valence-corrected chi connectivity index (χ4v) is 2.73. The van der Waals surface area contributed by atoms with Crippen LogP contribution in [0.4, 0.5) is 0 Å². The predicted octanol–water partition coefficient (Wildman–Crippen LogP) is 3.12. The van der Waals surface area contributed by atoms with Crippen molar-refractivity contribution >= 4 is 0 Å². The molecule has 0 radical (unpaired) electrons. The van der Waals surface area contributed by atoms with E-state index >= 15 is 0 Å². The number of benzene rings is 1. The number of rotatable bonds is 5. The van der Waals surface area contributed by atoms with Gasteiger partial charge in [-0.2, -0.15) is 0 Å². The lowest BCUT2D eigenvalue weighted by Crippen LogP contribution is -2.26. The minimum Gasteiger partial charge on any atom is -0.494 e. The van der Waals surface area contributed by atoms with Gasteiger partial charge >= 0.3 is 0 Å². The lowest BCUT2D eigenvalue weighted by molar-refractivity contribution is 0.198. The maximum Gasteiger partial charge on any atom is 0.123 e. The third-order valence-corrected chi connectivity index (χ3v) is 3.93. The van der Waals surface area contributed by atoms with Gasteiger partial charge in [0.05, 0.1) is 12.7 Å². The molecule has 1 saturated heterocycles. The summed E-state index contributed by atoms with van der Waals surface area (Å²) in [5.74, 6) is 0.950. The normalized spacial score (nSPS) is 21.6. The Morgan fingerprint density at radius 3 is 2.84 bits per heavy atom. The molecule has 1 aliphatic heterocycles. The third-order valence-electron chi connectivity index (χ3n) is 3.93. The van der Waals surface area contributed by atoms with Crippen LogP contribution in [0.2, 0.25) is 0 Å². The summed E-state index contributed by atoms with van der Waals surface area (Å²) < 4.78 is 5.71. The maximum atomic E-state index is 9.73. The smallest absolute Gasteiger partial charge is 0.123 e. The molecule has 1 N–H and O–H groups in total. The molecule has 19 heavy (non-hydrogen) atoms. The van der Waals surface area contributed by atoms with Gasteiger partial charge in [-0.3, -0.25) is 4.90 Å². The average molecular weight is 263 g/mol. The second kappa shape index (κ2) is 6.40. The third kappa shape index (κ3) is 3.48. The average Bonchev–Trinajstić information content (AvgIpc) is 2.77. The van der Waals surface area contributed by atoms with E-state index < -0.39 is 6.10 Å². The number of nitrogens with zero attached hydrogens (tertiary/aromatic N) is 1. The molecular weight excluding hydrogens is 238 g/mol. The van der Waals surface area contributed by atoms with E-state index in [9.17, 15) is 5.11 Å². The predicted molar refractivity (Wildman–Crippen MR) is 77.4 cm³/mol. The zero-order valence-electron chi connectivity index (χ0n) is 12.2. The van der Waals surface area contributed by atoms with Crippen LogP contribution in [-0.2, 0) is 6.54 Å². The highest BCUT2D eigenvalue weighted by Gasteiger charge is 2.21. The summed E-state index contributed by atoms with van der Waals surface area (Å²) >= 11 is 0. The molecule has 1 fully saturated rings. The van der Waals surface area contributed by atoms with E-state index in [1.807, 2.05) is 19.1 Å². The summed E-state index contributed by atoms with van der Waals surface area (Å²) in [5, 5.41) is 9.73. The molecule has 2 rings (SSSR count). The van der Waals surface area contributed by atoms with Crippen LogP contribution in [0.1, 0.15) is 50.8 Å². The van der Waals surface area contributed by atoms with Crippen molar-refractivity contribution in [2.24, 2.45) is 0 Å². The fourth-order valence-electron chi connectivity index (χ4n) is 2.73. The van der Waals surface area contributed by atoms with Crippen LogP contribution in [0.3, 0.4) is 0 Å². The van der Waals surface area contributed by atoms with Gasteiger partial charge in [-0.1, -0.05) is 6.07 Å². The number of aliphatic hydroxyl groups is 1. The molecule has 1 aliphatic rings. The summed E-state index contributed by atoms with van der Waals surface area (Å²) in [7, 11) is 0. The molecule has 3 heteroatoms. The van der Waals surface area contributed by atoms with Crippen LogP contribution in [0.15, 0.2) is 18.2 Å². The fraction of sp³-hybridized carbons (Fsp3) is 0.625. The Morgan fingerprint density at radius 1 is 1.47 bits per heavy atom. The number of hydrogen-bond acceptors (Lipinski definition) is 3. The summed E-state index contributed by atoms with van der Waals surface area (Å²) in [5.41, 5.74) is 2.15. The maximum absolute atomic E-state index is 9.73. The molecular formula is C16H25NO2. The Hall–Kier alpha value is -1.06. The van der Waals surface area contributed by atoms with Gasteiger partial charge in [0.1, 0.15) is 5.75 Å². The molecule has 0 aromatic heterocycles. The van der Waals surface area contributed by atoms with E-state index in [2.05, 4.69) is 17.9 Å². The van der Waals surface area contributed by atoms with Crippen molar-refractivity contribution in [3.63, 3.8) is 0 Å². The van der Waals surface area contributed by atoms with Crippen molar-refractivity contribution in [3.05, 3.63) is 29.3 Å². The molecule has 3 nitrogen and oxygen atoms in total. The number of likely N-dealkylation sites (tertiary alicyclic amines) is 1. The SMILES string of the molecule is CCOc1ccc(C(C)O)cc1CN1CCCC1C. The van der Waals surface area contributed by atoms with Crippen molar-refractivity contribution < 1.29 is 9.84 Å². The minimum absolute atomic E-state index is 0.426. The van der Waals surface area contributed by atoms with Crippen LogP contribution < -0.4 is 4.74 Å². The highest BCUT2D eigenvalue weighted by molar-refractivity contribution is 5.38. The van der Waals surface area contributed by atoms with E-state index in [0.717, 1.165) is 24.4 Å². The second-order valence-electron chi connectivity index (χ2n) is 5.44. The van der Waals surface area contributed by atoms with Crippen LogP contribution in [0.5, 0.6) is 5.75 Å². The van der Waals surface area contributed by atoms with Crippen molar-refractivity contribution in [1.29, 1.82) is 0 Å². The van der Waals surface area contributed by atoms with E-state index in [1.54, 1.807) is 6.92 Å². The number of ether oxygens (including phenoxy) is 1. The van der Waals surface area contributed by atoms with Crippen LogP contribution in [-0.4, -0.2) is 29.2 Å². The highest BCUT2D eigenvalue weighted by Crippen LogP contribution is 2.27. The zero-order valence-corrected chi connectivity index (χ0v) is 12.2. The number of hydrogen-bond donors (Lipinski definition) is 1. The van der Waals surface area contributed by atoms with Gasteiger partial charge in [-0.05, 0) is 57.9 Å². The molecule has 0 amide bonds. The molecule has 0 aliphatic carbocycles. The van der Waals surface area contributed by atoms with Gasteiger partial charge in [0.25, 0.3) is 0 Å². The van der Waals surface area contributed by atoms with Crippen molar-refractivity contribution in [2.45, 2.75) is 52.3 Å². The summed E-state index contributed by atoms with van der Waals surface area (Å²) in [6, 6.07) is 6.67. The van der Waals surface area contributed by atoms with Crippen LogP contribution >= 0.6 is 0 Å². The van der Waals surface area contributed by atoms with Crippen molar-refractivity contribution in [3.8, 4) is 5.75 Å². The van der Waals surface area contributed by atoms with E-state index in [4.69, 9.17) is 4.74 Å². The van der Waals surface area contributed by atoms with Gasteiger partial charge in [0, 0.05) is 18.2 Å². The molecule has 2 unspecified atom stereocenters. The number of aliphatic hydroxyl groups excluding tert-OH is 1. The summed E-state index contributed by atoms with van der Waals surface area (Å²) in [6.07, 6.45) is 2.13. The molecule has 1 heterocycles. The van der Waals surface area contributed by atoms with Crippen molar-refractivity contribution in [2.75, 3.05) is 13.2 Å². The second-order valence-corrected chi connectivity index (χ2v) is 5.44. The van der Waals surface area contributed by atoms with Gasteiger partial charge in [-0.15, -0.1) is 0 Å². The summed E-state index contributed by atoms with van der Waals surface area (Å²) in [4.78, 5) is 2.49. The molecule has 106 valence electrons. The topological polar surface area (TPSA) is 32.7 Å². The Balaban J connectivity index is 2.21. The highest BCUT2D eigenvalue weighted by atomic mass is 16.5. The molecule has 0 spiro atoms. The molecule has 0 saturated carbocycles. The first-order valence-corrected chi connectivity index (χ1v) is 7.29. The lowest BCUT2D eigenvalue weighted by Gasteiger charge is -2.23. The Kier molecular flexibility index (Phi) is 4.83. The quantitative estimate of drug-likeness (QED) is 0.886. The lowest BCUT2D eigenvalue weighted by atomic mass is 10.1. The van der Waals surface area contributed by atoms with Gasteiger partial charge < -0.3 is 9.84 Å². The van der Waals surface area contributed by atoms with Crippen LogP contribution in [0, 0.1) is 0 Å². The molecule has 2 atom stereocenters. The molecule has 0 bridgehead atoms. The van der Waals surface area contributed by atoms with Crippen LogP contribution in [0.25, 0.3) is 0 Å². The van der Waals surface area contributed by atoms with Crippen molar-refractivity contribution in [1.82, 2.24) is 4.90 Å². The molecule has 1 aromatic rings. The van der Waals surface area contributed by atoms with Gasteiger partial charge in [0.15, 0.2) is 0 Å².